The highest BCUT2D eigenvalue weighted by molar-refractivity contribution is 5.72. The number of ether oxygens (including phenoxy) is 1. The number of hydrogen-bond donors (Lipinski definition) is 1. The summed E-state index contributed by atoms with van der Waals surface area (Å²) in [4.78, 5) is 11.0. The molecular weight excluding hydrogens is 204 g/mol. The Hall–Kier alpha value is -1.79. The van der Waals surface area contributed by atoms with Crippen LogP contribution in [0.5, 0.6) is 0 Å². The van der Waals surface area contributed by atoms with Gasteiger partial charge in [0, 0.05) is 6.42 Å². The Morgan fingerprint density at radius 2 is 1.88 bits per heavy atom. The molecule has 84 valence electrons. The molecule has 0 fully saturated rings. The minimum Gasteiger partial charge on any atom is -0.469 e. The summed E-state index contributed by atoms with van der Waals surface area (Å²) in [5.74, 6) is 5.17. The van der Waals surface area contributed by atoms with Gasteiger partial charge in [0.15, 0.2) is 0 Å². The van der Waals surface area contributed by atoms with Gasteiger partial charge in [-0.2, -0.15) is 0 Å². The van der Waals surface area contributed by atoms with E-state index in [1.807, 2.05) is 24.3 Å². The van der Waals surface area contributed by atoms with Crippen molar-refractivity contribution >= 4 is 5.97 Å². The highest BCUT2D eigenvalue weighted by atomic mass is 16.5. The summed E-state index contributed by atoms with van der Waals surface area (Å²) in [6, 6.07) is 7.61. The highest BCUT2D eigenvalue weighted by Crippen LogP contribution is 2.06. The summed E-state index contributed by atoms with van der Waals surface area (Å²) in [7, 11) is 1.38. The summed E-state index contributed by atoms with van der Waals surface area (Å²) in [5, 5.41) is 8.49. The molecule has 0 aliphatic rings. The van der Waals surface area contributed by atoms with Gasteiger partial charge in [0.05, 0.1) is 13.5 Å². The molecule has 1 N–H and O–H groups in total. The normalized spacial score (nSPS) is 9.12. The fourth-order valence-corrected chi connectivity index (χ4v) is 1.23. The lowest BCUT2D eigenvalue weighted by molar-refractivity contribution is -0.139. The lowest BCUT2D eigenvalue weighted by Gasteiger charge is -2.00. The largest absolute Gasteiger partial charge is 0.469 e. The van der Waals surface area contributed by atoms with Gasteiger partial charge in [0.2, 0.25) is 0 Å². The molecule has 1 aromatic carbocycles. The molecule has 0 bridgehead atoms. The van der Waals surface area contributed by atoms with E-state index in [0.29, 0.717) is 12.8 Å². The third kappa shape index (κ3) is 4.16. The van der Waals surface area contributed by atoms with Crippen molar-refractivity contribution in [2.75, 3.05) is 13.7 Å². The van der Waals surface area contributed by atoms with Crippen molar-refractivity contribution in [3.8, 4) is 11.8 Å². The Morgan fingerprint density at radius 1 is 1.25 bits per heavy atom. The van der Waals surface area contributed by atoms with Gasteiger partial charge in [0.1, 0.15) is 6.61 Å². The maximum atomic E-state index is 11.0. The van der Waals surface area contributed by atoms with Crippen LogP contribution in [0.3, 0.4) is 0 Å². The van der Waals surface area contributed by atoms with Crippen LogP contribution in [0.2, 0.25) is 0 Å². The van der Waals surface area contributed by atoms with Gasteiger partial charge in [-0.05, 0) is 11.1 Å². The number of methoxy groups -OCH3 is 1. The zero-order valence-corrected chi connectivity index (χ0v) is 9.19. The van der Waals surface area contributed by atoms with Crippen molar-refractivity contribution in [2.24, 2.45) is 0 Å². The molecule has 0 atom stereocenters. The molecule has 3 nitrogen and oxygen atoms in total. The predicted molar refractivity (Wildman–Crippen MR) is 60.7 cm³/mol. The molecule has 0 amide bonds. The van der Waals surface area contributed by atoms with Crippen LogP contribution in [-0.2, 0) is 22.4 Å². The zero-order valence-electron chi connectivity index (χ0n) is 9.19. The minimum absolute atomic E-state index is 0.111. The molecule has 0 aromatic heterocycles. The second-order valence-corrected chi connectivity index (χ2v) is 3.26. The second-order valence-electron chi connectivity index (χ2n) is 3.26. The molecule has 0 spiro atoms. The summed E-state index contributed by atoms with van der Waals surface area (Å²) in [5.41, 5.74) is 1.99. The average molecular weight is 218 g/mol. The summed E-state index contributed by atoms with van der Waals surface area (Å²) < 4.78 is 4.57. The molecule has 0 radical (unpaired) electrons. The van der Waals surface area contributed by atoms with Crippen molar-refractivity contribution < 1.29 is 14.6 Å². The predicted octanol–water partition coefficient (Wildman–Crippen LogP) is 0.940. The van der Waals surface area contributed by atoms with E-state index in [0.717, 1.165) is 11.1 Å². The van der Waals surface area contributed by atoms with Crippen LogP contribution in [0.4, 0.5) is 0 Å². The maximum Gasteiger partial charge on any atom is 0.309 e. The smallest absolute Gasteiger partial charge is 0.309 e. The standard InChI is InChI=1S/C13H14O3/c1-16-13(15)10-12-7-5-11(6-8-12)4-2-3-9-14/h5-8,14H,4,9-10H2,1H3. The number of aliphatic hydroxyl groups is 1. The van der Waals surface area contributed by atoms with E-state index in [9.17, 15) is 4.79 Å². The lowest BCUT2D eigenvalue weighted by Crippen LogP contribution is -2.04. The fourth-order valence-electron chi connectivity index (χ4n) is 1.23. The highest BCUT2D eigenvalue weighted by Gasteiger charge is 2.01. The molecule has 0 heterocycles. The Bertz CT molecular complexity index is 395. The molecule has 0 aliphatic heterocycles. The van der Waals surface area contributed by atoms with Gasteiger partial charge < -0.3 is 9.84 Å². The number of carbonyl (C=O) groups excluding carboxylic acids is 1. The van der Waals surface area contributed by atoms with E-state index in [1.54, 1.807) is 0 Å². The van der Waals surface area contributed by atoms with Crippen molar-refractivity contribution in [1.29, 1.82) is 0 Å². The molecule has 0 aliphatic carbocycles. The third-order valence-electron chi connectivity index (χ3n) is 2.10. The quantitative estimate of drug-likeness (QED) is 0.606. The van der Waals surface area contributed by atoms with Crippen LogP contribution in [0.1, 0.15) is 11.1 Å². The summed E-state index contributed by atoms with van der Waals surface area (Å²) in [6.07, 6.45) is 0.901. The van der Waals surface area contributed by atoms with Crippen molar-refractivity contribution in [3.05, 3.63) is 35.4 Å². The average Bonchev–Trinajstić information content (AvgIpc) is 2.31. The first kappa shape index (κ1) is 12.3. The number of hydrogen-bond acceptors (Lipinski definition) is 3. The third-order valence-corrected chi connectivity index (χ3v) is 2.10. The van der Waals surface area contributed by atoms with Crippen LogP contribution in [0, 0.1) is 11.8 Å². The SMILES string of the molecule is COC(=O)Cc1ccc(CC#CCO)cc1. The van der Waals surface area contributed by atoms with Gasteiger partial charge in [-0.25, -0.2) is 0 Å². The van der Waals surface area contributed by atoms with Crippen molar-refractivity contribution in [3.63, 3.8) is 0 Å². The molecule has 16 heavy (non-hydrogen) atoms. The summed E-state index contributed by atoms with van der Waals surface area (Å²) >= 11 is 0. The van der Waals surface area contributed by atoms with Crippen molar-refractivity contribution in [2.45, 2.75) is 12.8 Å². The van der Waals surface area contributed by atoms with Gasteiger partial charge in [-0.15, -0.1) is 0 Å². The van der Waals surface area contributed by atoms with Crippen LogP contribution >= 0.6 is 0 Å². The number of aliphatic hydroxyl groups excluding tert-OH is 1. The Balaban J connectivity index is 2.57. The van der Waals surface area contributed by atoms with Gasteiger partial charge >= 0.3 is 5.97 Å². The Labute approximate surface area is 95.1 Å². The number of carbonyl (C=O) groups is 1. The molecule has 3 heteroatoms. The minimum atomic E-state index is -0.243. The van der Waals surface area contributed by atoms with Crippen LogP contribution < -0.4 is 0 Å². The fraction of sp³-hybridized carbons (Fsp3) is 0.308. The van der Waals surface area contributed by atoms with E-state index in [4.69, 9.17) is 5.11 Å². The Morgan fingerprint density at radius 3 is 2.44 bits per heavy atom. The molecule has 1 rings (SSSR count). The number of esters is 1. The number of benzene rings is 1. The second kappa shape index (κ2) is 6.65. The Kier molecular flexibility index (Phi) is 5.10. The van der Waals surface area contributed by atoms with Gasteiger partial charge in [-0.3, -0.25) is 4.79 Å². The zero-order chi connectivity index (χ0) is 11.8. The van der Waals surface area contributed by atoms with E-state index in [2.05, 4.69) is 16.6 Å². The maximum absolute atomic E-state index is 11.0. The molecule has 0 saturated carbocycles. The van der Waals surface area contributed by atoms with Gasteiger partial charge in [-0.1, -0.05) is 36.1 Å². The van der Waals surface area contributed by atoms with Crippen LogP contribution in [0.25, 0.3) is 0 Å². The lowest BCUT2D eigenvalue weighted by atomic mass is 10.1. The van der Waals surface area contributed by atoms with E-state index < -0.39 is 0 Å². The topological polar surface area (TPSA) is 46.5 Å². The van der Waals surface area contributed by atoms with Crippen LogP contribution in [0.15, 0.2) is 24.3 Å². The van der Waals surface area contributed by atoms with E-state index in [-0.39, 0.29) is 12.6 Å². The molecule has 1 aromatic rings. The van der Waals surface area contributed by atoms with Gasteiger partial charge in [0.25, 0.3) is 0 Å². The first-order chi connectivity index (χ1) is 7.76. The van der Waals surface area contributed by atoms with E-state index in [1.165, 1.54) is 7.11 Å². The molecule has 0 saturated heterocycles. The first-order valence-corrected chi connectivity index (χ1v) is 4.97. The van der Waals surface area contributed by atoms with Crippen LogP contribution in [-0.4, -0.2) is 24.8 Å². The van der Waals surface area contributed by atoms with E-state index >= 15 is 0 Å². The number of rotatable bonds is 3. The summed E-state index contributed by atoms with van der Waals surface area (Å²) in [6.45, 7) is -0.111. The first-order valence-electron chi connectivity index (χ1n) is 4.97. The van der Waals surface area contributed by atoms with Crippen molar-refractivity contribution in [1.82, 2.24) is 0 Å². The molecular formula is C13H14O3. The molecule has 0 unspecified atom stereocenters. The monoisotopic (exact) mass is 218 g/mol.